The summed E-state index contributed by atoms with van der Waals surface area (Å²) in [5, 5.41) is 0. The van der Waals surface area contributed by atoms with Crippen LogP contribution in [0.1, 0.15) is 48.9 Å². The highest BCUT2D eigenvalue weighted by Crippen LogP contribution is 2.26. The van der Waals surface area contributed by atoms with Crippen molar-refractivity contribution >= 4 is 21.8 Å². The number of sulfonamides is 1. The first-order valence-electron chi connectivity index (χ1n) is 9.58. The SMILES string of the molecule is NC(=O)c1ccc(S(=O)(=O)N2CCC(C(=O)N3CCCCCC3)CC2)cc1. The number of carbonyl (C=O) groups excluding carboxylic acids is 2. The van der Waals surface area contributed by atoms with E-state index < -0.39 is 15.9 Å². The lowest BCUT2D eigenvalue weighted by atomic mass is 9.96. The summed E-state index contributed by atoms with van der Waals surface area (Å²) in [6, 6.07) is 5.66. The molecule has 2 amide bonds. The molecule has 2 aliphatic heterocycles. The van der Waals surface area contributed by atoms with Gasteiger partial charge in [0.2, 0.25) is 21.8 Å². The predicted octanol–water partition coefficient (Wildman–Crippen LogP) is 1.59. The van der Waals surface area contributed by atoms with E-state index in [0.29, 0.717) is 25.9 Å². The van der Waals surface area contributed by atoms with Gasteiger partial charge in [-0.05, 0) is 49.9 Å². The van der Waals surface area contributed by atoms with Crippen LogP contribution < -0.4 is 5.73 Å². The maximum atomic E-state index is 12.8. The van der Waals surface area contributed by atoms with Gasteiger partial charge in [0.15, 0.2) is 0 Å². The second kappa shape index (κ2) is 8.39. The molecule has 2 heterocycles. The molecule has 0 spiro atoms. The molecule has 2 aliphatic rings. The molecule has 0 unspecified atom stereocenters. The number of rotatable bonds is 4. The highest BCUT2D eigenvalue weighted by Gasteiger charge is 2.33. The van der Waals surface area contributed by atoms with Crippen LogP contribution in [0.2, 0.25) is 0 Å². The van der Waals surface area contributed by atoms with Gasteiger partial charge in [-0.15, -0.1) is 0 Å². The van der Waals surface area contributed by atoms with E-state index in [1.807, 2.05) is 4.90 Å². The summed E-state index contributed by atoms with van der Waals surface area (Å²) in [5.74, 6) is -0.502. The van der Waals surface area contributed by atoms with E-state index in [1.54, 1.807) is 0 Å². The number of amides is 2. The van der Waals surface area contributed by atoms with Crippen LogP contribution >= 0.6 is 0 Å². The normalized spacial score (nSPS) is 20.2. The van der Waals surface area contributed by atoms with Crippen LogP contribution in [0.3, 0.4) is 0 Å². The Labute approximate surface area is 160 Å². The van der Waals surface area contributed by atoms with Crippen LogP contribution in [-0.2, 0) is 14.8 Å². The van der Waals surface area contributed by atoms with E-state index in [9.17, 15) is 18.0 Å². The van der Waals surface area contributed by atoms with Gasteiger partial charge in [-0.25, -0.2) is 8.42 Å². The van der Waals surface area contributed by atoms with Crippen molar-refractivity contribution in [1.82, 2.24) is 9.21 Å². The standard InChI is InChI=1S/C19H27N3O4S/c20-18(23)15-5-7-17(8-6-15)27(25,26)22-13-9-16(10-14-22)19(24)21-11-3-1-2-4-12-21/h5-8,16H,1-4,9-14H2,(H2,20,23). The second-order valence-electron chi connectivity index (χ2n) is 7.31. The Hall–Kier alpha value is -1.93. The molecule has 1 aromatic carbocycles. The molecule has 1 aromatic rings. The smallest absolute Gasteiger partial charge is 0.248 e. The van der Waals surface area contributed by atoms with Gasteiger partial charge in [-0.3, -0.25) is 9.59 Å². The number of primary amides is 1. The summed E-state index contributed by atoms with van der Waals surface area (Å²) in [7, 11) is -3.63. The van der Waals surface area contributed by atoms with E-state index in [0.717, 1.165) is 25.9 Å². The molecule has 0 bridgehead atoms. The Bertz CT molecular complexity index is 776. The minimum absolute atomic E-state index is 0.0909. The van der Waals surface area contributed by atoms with Crippen molar-refractivity contribution in [2.75, 3.05) is 26.2 Å². The fourth-order valence-electron chi connectivity index (χ4n) is 3.83. The minimum atomic E-state index is -3.63. The van der Waals surface area contributed by atoms with Crippen LogP contribution in [0.4, 0.5) is 0 Å². The largest absolute Gasteiger partial charge is 0.366 e. The van der Waals surface area contributed by atoms with Crippen molar-refractivity contribution in [2.45, 2.75) is 43.4 Å². The summed E-state index contributed by atoms with van der Waals surface area (Å²) < 4.78 is 27.0. The second-order valence-corrected chi connectivity index (χ2v) is 9.24. The van der Waals surface area contributed by atoms with Crippen LogP contribution in [-0.4, -0.2) is 55.6 Å². The molecular weight excluding hydrogens is 366 g/mol. The Kier molecular flexibility index (Phi) is 6.16. The van der Waals surface area contributed by atoms with Crippen LogP contribution in [0.5, 0.6) is 0 Å². The number of piperidine rings is 1. The van der Waals surface area contributed by atoms with E-state index >= 15 is 0 Å². The number of likely N-dealkylation sites (tertiary alicyclic amines) is 1. The first-order chi connectivity index (χ1) is 12.9. The monoisotopic (exact) mass is 393 g/mol. The molecular formula is C19H27N3O4S. The average Bonchev–Trinajstić information content (AvgIpc) is 2.97. The topological polar surface area (TPSA) is 101 Å². The van der Waals surface area contributed by atoms with Crippen LogP contribution in [0, 0.1) is 5.92 Å². The van der Waals surface area contributed by atoms with Gasteiger partial charge >= 0.3 is 0 Å². The van der Waals surface area contributed by atoms with Crippen LogP contribution in [0.15, 0.2) is 29.2 Å². The maximum Gasteiger partial charge on any atom is 0.248 e. The number of nitrogens with zero attached hydrogens (tertiary/aromatic N) is 2. The minimum Gasteiger partial charge on any atom is -0.366 e. The summed E-state index contributed by atoms with van der Waals surface area (Å²) in [5.41, 5.74) is 5.47. The maximum absolute atomic E-state index is 12.8. The lowest BCUT2D eigenvalue weighted by molar-refractivity contribution is -0.136. The average molecular weight is 394 g/mol. The third-order valence-electron chi connectivity index (χ3n) is 5.50. The molecule has 2 saturated heterocycles. The van der Waals surface area contributed by atoms with Gasteiger partial charge in [-0.1, -0.05) is 12.8 Å². The van der Waals surface area contributed by atoms with Crippen molar-refractivity contribution < 1.29 is 18.0 Å². The molecule has 8 heteroatoms. The van der Waals surface area contributed by atoms with Gasteiger partial charge in [-0.2, -0.15) is 4.31 Å². The van der Waals surface area contributed by atoms with E-state index in [2.05, 4.69) is 0 Å². The lowest BCUT2D eigenvalue weighted by Gasteiger charge is -2.33. The molecule has 0 atom stereocenters. The molecule has 0 aromatic heterocycles. The number of hydrogen-bond acceptors (Lipinski definition) is 4. The third kappa shape index (κ3) is 4.50. The van der Waals surface area contributed by atoms with Gasteiger partial charge < -0.3 is 10.6 Å². The number of carbonyl (C=O) groups is 2. The van der Waals surface area contributed by atoms with E-state index in [-0.39, 0.29) is 22.3 Å². The molecule has 148 valence electrons. The highest BCUT2D eigenvalue weighted by atomic mass is 32.2. The van der Waals surface area contributed by atoms with Crippen molar-refractivity contribution in [3.05, 3.63) is 29.8 Å². The van der Waals surface area contributed by atoms with Crippen molar-refractivity contribution in [3.8, 4) is 0 Å². The van der Waals surface area contributed by atoms with Gasteiger partial charge in [0.05, 0.1) is 4.90 Å². The molecule has 2 fully saturated rings. The Morgan fingerprint density at radius 2 is 1.44 bits per heavy atom. The molecule has 2 N–H and O–H groups in total. The van der Waals surface area contributed by atoms with Crippen molar-refractivity contribution in [1.29, 1.82) is 0 Å². The third-order valence-corrected chi connectivity index (χ3v) is 7.41. The van der Waals surface area contributed by atoms with Crippen molar-refractivity contribution in [2.24, 2.45) is 11.7 Å². The lowest BCUT2D eigenvalue weighted by Crippen LogP contribution is -2.44. The zero-order valence-corrected chi connectivity index (χ0v) is 16.3. The fraction of sp³-hybridized carbons (Fsp3) is 0.579. The molecule has 27 heavy (non-hydrogen) atoms. The van der Waals surface area contributed by atoms with Gasteiger partial charge in [0, 0.05) is 37.7 Å². The first kappa shape index (κ1) is 19.8. The van der Waals surface area contributed by atoms with E-state index in [4.69, 9.17) is 5.73 Å². The first-order valence-corrected chi connectivity index (χ1v) is 11.0. The number of nitrogens with two attached hydrogens (primary N) is 1. The molecule has 7 nitrogen and oxygen atoms in total. The summed E-state index contributed by atoms with van der Waals surface area (Å²) >= 11 is 0. The van der Waals surface area contributed by atoms with Gasteiger partial charge in [0.1, 0.15) is 0 Å². The van der Waals surface area contributed by atoms with Gasteiger partial charge in [0.25, 0.3) is 0 Å². The predicted molar refractivity (Wildman–Crippen MR) is 101 cm³/mol. The summed E-state index contributed by atoms with van der Waals surface area (Å²) in [6.07, 6.45) is 5.56. The number of hydrogen-bond donors (Lipinski definition) is 1. The zero-order valence-electron chi connectivity index (χ0n) is 15.5. The molecule has 0 saturated carbocycles. The van der Waals surface area contributed by atoms with Crippen LogP contribution in [0.25, 0.3) is 0 Å². The molecule has 0 aliphatic carbocycles. The van der Waals surface area contributed by atoms with E-state index in [1.165, 1.54) is 41.4 Å². The Morgan fingerprint density at radius 3 is 1.96 bits per heavy atom. The Morgan fingerprint density at radius 1 is 0.889 bits per heavy atom. The summed E-state index contributed by atoms with van der Waals surface area (Å²) in [6.45, 7) is 2.32. The summed E-state index contributed by atoms with van der Waals surface area (Å²) in [4.78, 5) is 26.0. The molecule has 0 radical (unpaired) electrons. The number of benzene rings is 1. The molecule has 3 rings (SSSR count). The zero-order chi connectivity index (χ0) is 19.4. The highest BCUT2D eigenvalue weighted by molar-refractivity contribution is 7.89. The Balaban J connectivity index is 1.62. The fourth-order valence-corrected chi connectivity index (χ4v) is 5.30. The quantitative estimate of drug-likeness (QED) is 0.839. The van der Waals surface area contributed by atoms with Crippen molar-refractivity contribution in [3.63, 3.8) is 0 Å².